The fourth-order valence-corrected chi connectivity index (χ4v) is 4.17. The van der Waals surface area contributed by atoms with Gasteiger partial charge >= 0.3 is 11.8 Å². The summed E-state index contributed by atoms with van der Waals surface area (Å²) < 4.78 is 19.3. The van der Waals surface area contributed by atoms with Crippen molar-refractivity contribution in [3.63, 3.8) is 0 Å². The third kappa shape index (κ3) is 6.87. The van der Waals surface area contributed by atoms with E-state index < -0.39 is 22.0 Å². The fraction of sp³-hybridized carbons (Fsp3) is 0.682. The Labute approximate surface area is 183 Å². The standard InChI is InChI=1S/C22H33FN4O4/c1-22(2,3)31-21(28)26-8-6-17(7-9-26)15-24-10-12-25(13-11-24)16-18-4-5-20(27(29)30)19(23)14-18/h4-5,14,17H,6-13,15-16H2,1-3H3. The number of amides is 1. The molecule has 9 heteroatoms. The number of piperidine rings is 1. The quantitative estimate of drug-likeness (QED) is 0.519. The molecule has 0 aromatic heterocycles. The molecule has 1 aromatic carbocycles. The van der Waals surface area contributed by atoms with Gasteiger partial charge in [-0.2, -0.15) is 4.39 Å². The van der Waals surface area contributed by atoms with Crippen LogP contribution < -0.4 is 0 Å². The molecule has 2 aliphatic heterocycles. The van der Waals surface area contributed by atoms with Crippen LogP contribution in [0.5, 0.6) is 0 Å². The molecular formula is C22H33FN4O4. The van der Waals surface area contributed by atoms with Crippen LogP contribution in [0.1, 0.15) is 39.2 Å². The third-order valence-electron chi connectivity index (χ3n) is 5.86. The topological polar surface area (TPSA) is 79.2 Å². The summed E-state index contributed by atoms with van der Waals surface area (Å²) in [6.07, 6.45) is 1.76. The second kappa shape index (κ2) is 9.91. The smallest absolute Gasteiger partial charge is 0.410 e. The van der Waals surface area contributed by atoms with Crippen LogP contribution in [0.15, 0.2) is 18.2 Å². The highest BCUT2D eigenvalue weighted by molar-refractivity contribution is 5.68. The zero-order chi connectivity index (χ0) is 22.6. The lowest BCUT2D eigenvalue weighted by molar-refractivity contribution is -0.387. The van der Waals surface area contributed by atoms with Crippen LogP contribution in [0.25, 0.3) is 0 Å². The van der Waals surface area contributed by atoms with E-state index in [2.05, 4.69) is 9.80 Å². The number of ether oxygens (including phenoxy) is 1. The largest absolute Gasteiger partial charge is 0.444 e. The van der Waals surface area contributed by atoms with Crippen LogP contribution in [0.3, 0.4) is 0 Å². The first-order valence-corrected chi connectivity index (χ1v) is 11.0. The summed E-state index contributed by atoms with van der Waals surface area (Å²) in [5, 5.41) is 10.8. The summed E-state index contributed by atoms with van der Waals surface area (Å²) in [4.78, 5) is 28.8. The van der Waals surface area contributed by atoms with Crippen LogP contribution >= 0.6 is 0 Å². The van der Waals surface area contributed by atoms with Crippen molar-refractivity contribution in [2.24, 2.45) is 5.92 Å². The van der Waals surface area contributed by atoms with Crippen LogP contribution in [-0.2, 0) is 11.3 Å². The Morgan fingerprint density at radius 2 is 1.74 bits per heavy atom. The van der Waals surface area contributed by atoms with Crippen molar-refractivity contribution in [3.05, 3.63) is 39.7 Å². The Bertz CT molecular complexity index is 782. The average molecular weight is 437 g/mol. The van der Waals surface area contributed by atoms with Crippen LogP contribution in [-0.4, -0.2) is 77.1 Å². The van der Waals surface area contributed by atoms with Crippen molar-refractivity contribution in [2.45, 2.75) is 45.8 Å². The molecule has 0 N–H and O–H groups in total. The van der Waals surface area contributed by atoms with Crippen molar-refractivity contribution in [2.75, 3.05) is 45.8 Å². The van der Waals surface area contributed by atoms with Gasteiger partial charge in [0.1, 0.15) is 5.60 Å². The molecule has 2 saturated heterocycles. The number of likely N-dealkylation sites (tertiary alicyclic amines) is 1. The molecule has 8 nitrogen and oxygen atoms in total. The highest BCUT2D eigenvalue weighted by Crippen LogP contribution is 2.22. The van der Waals surface area contributed by atoms with E-state index in [-0.39, 0.29) is 6.09 Å². The van der Waals surface area contributed by atoms with E-state index in [9.17, 15) is 19.3 Å². The minimum atomic E-state index is -0.779. The number of hydrogen-bond donors (Lipinski definition) is 0. The third-order valence-corrected chi connectivity index (χ3v) is 5.86. The summed E-state index contributed by atoms with van der Waals surface area (Å²) in [7, 11) is 0. The summed E-state index contributed by atoms with van der Waals surface area (Å²) >= 11 is 0. The molecule has 0 spiro atoms. The summed E-state index contributed by atoms with van der Waals surface area (Å²) in [5.74, 6) is -0.201. The maximum atomic E-state index is 13.8. The molecule has 0 radical (unpaired) electrons. The van der Waals surface area contributed by atoms with E-state index in [1.165, 1.54) is 12.1 Å². The summed E-state index contributed by atoms with van der Waals surface area (Å²) in [6.45, 7) is 12.4. The Morgan fingerprint density at radius 3 is 2.29 bits per heavy atom. The van der Waals surface area contributed by atoms with E-state index in [1.807, 2.05) is 25.7 Å². The number of piperazine rings is 1. The van der Waals surface area contributed by atoms with Crippen molar-refractivity contribution in [3.8, 4) is 0 Å². The molecule has 172 valence electrons. The lowest BCUT2D eigenvalue weighted by atomic mass is 9.96. The van der Waals surface area contributed by atoms with E-state index in [4.69, 9.17) is 4.74 Å². The van der Waals surface area contributed by atoms with Crippen LogP contribution in [0.4, 0.5) is 14.9 Å². The number of benzene rings is 1. The average Bonchev–Trinajstić information content (AvgIpc) is 2.68. The molecule has 2 heterocycles. The molecule has 31 heavy (non-hydrogen) atoms. The van der Waals surface area contributed by atoms with Gasteiger partial charge in [0, 0.05) is 58.4 Å². The Balaban J connectivity index is 1.39. The predicted octanol–water partition coefficient (Wildman–Crippen LogP) is 3.50. The minimum absolute atomic E-state index is 0.220. The minimum Gasteiger partial charge on any atom is -0.444 e. The molecule has 0 saturated carbocycles. The predicted molar refractivity (Wildman–Crippen MR) is 115 cm³/mol. The summed E-state index contributed by atoms with van der Waals surface area (Å²) in [5.41, 5.74) is -0.189. The number of carbonyl (C=O) groups is 1. The van der Waals surface area contributed by atoms with E-state index in [0.717, 1.165) is 64.2 Å². The lowest BCUT2D eigenvalue weighted by Gasteiger charge is -2.39. The molecule has 2 fully saturated rings. The van der Waals surface area contributed by atoms with Gasteiger partial charge < -0.3 is 14.5 Å². The van der Waals surface area contributed by atoms with Gasteiger partial charge in [0.05, 0.1) is 4.92 Å². The zero-order valence-corrected chi connectivity index (χ0v) is 18.7. The first-order valence-electron chi connectivity index (χ1n) is 11.0. The van der Waals surface area contributed by atoms with Crippen LogP contribution in [0, 0.1) is 21.8 Å². The number of rotatable bonds is 5. The normalized spacial score (nSPS) is 19.4. The first kappa shape index (κ1) is 23.4. The molecule has 0 aliphatic carbocycles. The molecule has 2 aliphatic rings. The highest BCUT2D eigenvalue weighted by Gasteiger charge is 2.28. The Morgan fingerprint density at radius 1 is 1.13 bits per heavy atom. The number of nitrogens with zero attached hydrogens (tertiary/aromatic N) is 4. The molecule has 1 amide bonds. The van der Waals surface area contributed by atoms with Crippen molar-refractivity contribution >= 4 is 11.8 Å². The van der Waals surface area contributed by atoms with Gasteiger partial charge in [-0.05, 0) is 51.2 Å². The Kier molecular flexibility index (Phi) is 7.48. The van der Waals surface area contributed by atoms with Crippen molar-refractivity contribution < 1.29 is 18.8 Å². The van der Waals surface area contributed by atoms with E-state index in [1.54, 1.807) is 6.07 Å². The first-order chi connectivity index (χ1) is 14.6. The van der Waals surface area contributed by atoms with Crippen LogP contribution in [0.2, 0.25) is 0 Å². The van der Waals surface area contributed by atoms with Gasteiger partial charge in [-0.3, -0.25) is 15.0 Å². The zero-order valence-electron chi connectivity index (χ0n) is 18.7. The lowest BCUT2D eigenvalue weighted by Crippen LogP contribution is -2.49. The van der Waals surface area contributed by atoms with Gasteiger partial charge in [0.2, 0.25) is 5.82 Å². The van der Waals surface area contributed by atoms with Gasteiger partial charge in [-0.25, -0.2) is 4.79 Å². The maximum Gasteiger partial charge on any atom is 0.410 e. The van der Waals surface area contributed by atoms with Gasteiger partial charge in [-0.1, -0.05) is 6.07 Å². The maximum absolute atomic E-state index is 13.8. The SMILES string of the molecule is CC(C)(C)OC(=O)N1CCC(CN2CCN(Cc3ccc([N+](=O)[O-])c(F)c3)CC2)CC1. The number of nitro groups is 1. The number of halogens is 1. The number of nitro benzene ring substituents is 1. The molecular weight excluding hydrogens is 403 g/mol. The molecule has 1 aromatic rings. The molecule has 3 rings (SSSR count). The fourth-order valence-electron chi connectivity index (χ4n) is 4.17. The van der Waals surface area contributed by atoms with Crippen molar-refractivity contribution in [1.29, 1.82) is 0 Å². The monoisotopic (exact) mass is 436 g/mol. The van der Waals surface area contributed by atoms with E-state index in [0.29, 0.717) is 12.5 Å². The van der Waals surface area contributed by atoms with Crippen molar-refractivity contribution in [1.82, 2.24) is 14.7 Å². The van der Waals surface area contributed by atoms with E-state index >= 15 is 0 Å². The Hall–Kier alpha value is -2.26. The van der Waals surface area contributed by atoms with Gasteiger partial charge in [0.15, 0.2) is 0 Å². The number of hydrogen-bond acceptors (Lipinski definition) is 6. The second-order valence-corrected chi connectivity index (χ2v) is 9.53. The molecule has 0 unspecified atom stereocenters. The second-order valence-electron chi connectivity index (χ2n) is 9.53. The number of carbonyl (C=O) groups excluding carboxylic acids is 1. The highest BCUT2D eigenvalue weighted by atomic mass is 19.1. The summed E-state index contributed by atoms with van der Waals surface area (Å²) in [6, 6.07) is 4.14. The molecule has 0 atom stereocenters. The van der Waals surface area contributed by atoms with Gasteiger partial charge in [0.25, 0.3) is 0 Å². The van der Waals surface area contributed by atoms with Gasteiger partial charge in [-0.15, -0.1) is 0 Å². The molecule has 0 bridgehead atoms.